The third-order valence-electron chi connectivity index (χ3n) is 2.88. The van der Waals surface area contributed by atoms with Gasteiger partial charge in [0.05, 0.1) is 5.69 Å². The zero-order valence-corrected chi connectivity index (χ0v) is 11.3. The molecule has 0 radical (unpaired) electrons. The van der Waals surface area contributed by atoms with E-state index in [0.29, 0.717) is 0 Å². The number of aromatic nitrogens is 3. The first-order valence-electron chi connectivity index (χ1n) is 6.14. The van der Waals surface area contributed by atoms with Crippen LogP contribution in [0.15, 0.2) is 35.4 Å². The number of carbonyl (C=O) groups excluding carboxylic acids is 1. The van der Waals surface area contributed by atoms with Crippen LogP contribution in [0.2, 0.25) is 0 Å². The fourth-order valence-electron chi connectivity index (χ4n) is 1.79. The van der Waals surface area contributed by atoms with Gasteiger partial charge in [0, 0.05) is 6.92 Å². The van der Waals surface area contributed by atoms with E-state index in [-0.39, 0.29) is 5.95 Å². The molecule has 0 aliphatic carbocycles. The van der Waals surface area contributed by atoms with Gasteiger partial charge in [-0.1, -0.05) is 25.1 Å². The van der Waals surface area contributed by atoms with Crippen LogP contribution < -0.4 is 16.5 Å². The van der Waals surface area contributed by atoms with Crippen molar-refractivity contribution in [2.45, 2.75) is 20.3 Å². The monoisotopic (exact) mass is 273 g/mol. The summed E-state index contributed by atoms with van der Waals surface area (Å²) in [4.78, 5) is 30.8. The highest BCUT2D eigenvalue weighted by Crippen LogP contribution is 2.12. The van der Waals surface area contributed by atoms with Crippen molar-refractivity contribution in [3.8, 4) is 5.69 Å². The quantitative estimate of drug-likeness (QED) is 0.497. The van der Waals surface area contributed by atoms with E-state index in [4.69, 9.17) is 5.84 Å². The highest BCUT2D eigenvalue weighted by molar-refractivity contribution is 5.88. The van der Waals surface area contributed by atoms with Gasteiger partial charge < -0.3 is 0 Å². The maximum absolute atomic E-state index is 12.1. The van der Waals surface area contributed by atoms with Crippen LogP contribution in [0.1, 0.15) is 19.4 Å². The normalized spacial score (nSPS) is 10.3. The summed E-state index contributed by atoms with van der Waals surface area (Å²) in [7, 11) is 0. The Kier molecular flexibility index (Phi) is 3.90. The van der Waals surface area contributed by atoms with E-state index in [1.165, 1.54) is 17.8 Å². The molecule has 2 rings (SSSR count). The minimum Gasteiger partial charge on any atom is -0.273 e. The minimum absolute atomic E-state index is 0.118. The molecule has 1 amide bonds. The SMILES string of the molecule is CCc1ccccc1-n1cnc(N(N)C(C)=O)nc1=O. The first-order chi connectivity index (χ1) is 9.54. The van der Waals surface area contributed by atoms with Gasteiger partial charge in [-0.05, 0) is 18.1 Å². The van der Waals surface area contributed by atoms with Crippen molar-refractivity contribution in [2.75, 3.05) is 5.01 Å². The van der Waals surface area contributed by atoms with E-state index in [1.54, 1.807) is 0 Å². The van der Waals surface area contributed by atoms with Crippen LogP contribution in [-0.4, -0.2) is 20.4 Å². The Hall–Kier alpha value is -2.54. The lowest BCUT2D eigenvalue weighted by molar-refractivity contribution is -0.116. The summed E-state index contributed by atoms with van der Waals surface area (Å²) in [5.41, 5.74) is 1.19. The first-order valence-corrected chi connectivity index (χ1v) is 6.14. The Labute approximate surface area is 115 Å². The lowest BCUT2D eigenvalue weighted by atomic mass is 10.1. The summed E-state index contributed by atoms with van der Waals surface area (Å²) in [5.74, 6) is 4.90. The van der Waals surface area contributed by atoms with E-state index in [2.05, 4.69) is 9.97 Å². The van der Waals surface area contributed by atoms with Crippen molar-refractivity contribution < 1.29 is 4.79 Å². The maximum atomic E-state index is 12.1. The average molecular weight is 273 g/mol. The molecule has 7 nitrogen and oxygen atoms in total. The number of rotatable bonds is 3. The van der Waals surface area contributed by atoms with Gasteiger partial charge in [-0.25, -0.2) is 20.6 Å². The standard InChI is InChI=1S/C13H15N5O2/c1-3-10-6-4-5-7-11(10)17-8-15-12(16-13(17)20)18(14)9(2)19/h4-8H,3,14H2,1-2H3. The molecule has 2 aromatic rings. The van der Waals surface area contributed by atoms with Crippen molar-refractivity contribution in [2.24, 2.45) is 5.84 Å². The number of para-hydroxylation sites is 1. The van der Waals surface area contributed by atoms with E-state index in [1.807, 2.05) is 31.2 Å². The van der Waals surface area contributed by atoms with Crippen molar-refractivity contribution in [1.82, 2.24) is 14.5 Å². The molecule has 104 valence electrons. The van der Waals surface area contributed by atoms with E-state index < -0.39 is 11.6 Å². The zero-order valence-electron chi connectivity index (χ0n) is 11.3. The summed E-state index contributed by atoms with van der Waals surface area (Å²) >= 11 is 0. The molecule has 0 spiro atoms. The second-order valence-corrected chi connectivity index (χ2v) is 4.18. The molecule has 1 aromatic heterocycles. The molecule has 0 aliphatic rings. The van der Waals surface area contributed by atoms with E-state index in [9.17, 15) is 9.59 Å². The Bertz CT molecular complexity index is 695. The summed E-state index contributed by atoms with van der Waals surface area (Å²) in [6.45, 7) is 3.26. The number of benzene rings is 1. The molecule has 0 fully saturated rings. The molecule has 2 N–H and O–H groups in total. The van der Waals surface area contributed by atoms with Gasteiger partial charge in [-0.2, -0.15) is 4.98 Å². The van der Waals surface area contributed by atoms with Crippen LogP contribution >= 0.6 is 0 Å². The fraction of sp³-hybridized carbons (Fsp3) is 0.231. The average Bonchev–Trinajstić information content (AvgIpc) is 2.46. The highest BCUT2D eigenvalue weighted by atomic mass is 16.2. The molecule has 7 heteroatoms. The number of nitrogens with two attached hydrogens (primary N) is 1. The van der Waals surface area contributed by atoms with Crippen molar-refractivity contribution >= 4 is 11.9 Å². The third kappa shape index (κ3) is 2.57. The maximum Gasteiger partial charge on any atom is 0.356 e. The predicted octanol–water partition coefficient (Wildman–Crippen LogP) is 0.417. The second kappa shape index (κ2) is 5.62. The fourth-order valence-corrected chi connectivity index (χ4v) is 1.79. The van der Waals surface area contributed by atoms with Crippen LogP contribution in [-0.2, 0) is 11.2 Å². The van der Waals surface area contributed by atoms with Crippen LogP contribution in [0.25, 0.3) is 5.69 Å². The number of hydrogen-bond donors (Lipinski definition) is 1. The van der Waals surface area contributed by atoms with Gasteiger partial charge in [0.1, 0.15) is 6.33 Å². The molecule has 0 aliphatic heterocycles. The van der Waals surface area contributed by atoms with Crippen LogP contribution in [0, 0.1) is 0 Å². The molecule has 0 unspecified atom stereocenters. The highest BCUT2D eigenvalue weighted by Gasteiger charge is 2.12. The molecular weight excluding hydrogens is 258 g/mol. The number of aryl methyl sites for hydroxylation is 1. The molecule has 1 heterocycles. The summed E-state index contributed by atoms with van der Waals surface area (Å²) < 4.78 is 1.33. The van der Waals surface area contributed by atoms with Crippen molar-refractivity contribution in [3.05, 3.63) is 46.6 Å². The molecule has 0 saturated carbocycles. The van der Waals surface area contributed by atoms with Gasteiger partial charge in [0.25, 0.3) is 5.95 Å². The largest absolute Gasteiger partial charge is 0.356 e. The molecule has 0 saturated heterocycles. The van der Waals surface area contributed by atoms with Gasteiger partial charge in [0.2, 0.25) is 5.91 Å². The number of hydrazine groups is 1. The Morgan fingerprint density at radius 2 is 2.10 bits per heavy atom. The topological polar surface area (TPSA) is 94.1 Å². The molecular formula is C13H15N5O2. The number of anilines is 1. The first kappa shape index (κ1) is 13.9. The predicted molar refractivity (Wildman–Crippen MR) is 74.4 cm³/mol. The lowest BCUT2D eigenvalue weighted by Gasteiger charge is -2.13. The zero-order chi connectivity index (χ0) is 14.7. The summed E-state index contributed by atoms with van der Waals surface area (Å²) in [5, 5.41) is 0.734. The van der Waals surface area contributed by atoms with Gasteiger partial charge >= 0.3 is 5.69 Å². The second-order valence-electron chi connectivity index (χ2n) is 4.18. The Morgan fingerprint density at radius 1 is 1.40 bits per heavy atom. The number of carbonyl (C=O) groups is 1. The molecule has 1 aromatic carbocycles. The number of nitrogens with zero attached hydrogens (tertiary/aromatic N) is 4. The Balaban J connectivity index is 2.50. The van der Waals surface area contributed by atoms with Crippen molar-refractivity contribution in [3.63, 3.8) is 0 Å². The number of hydrogen-bond acceptors (Lipinski definition) is 5. The lowest BCUT2D eigenvalue weighted by Crippen LogP contribution is -2.39. The van der Waals surface area contributed by atoms with Gasteiger partial charge in [-0.3, -0.25) is 9.36 Å². The van der Waals surface area contributed by atoms with Crippen LogP contribution in [0.4, 0.5) is 5.95 Å². The Morgan fingerprint density at radius 3 is 2.70 bits per heavy atom. The van der Waals surface area contributed by atoms with E-state index in [0.717, 1.165) is 22.7 Å². The van der Waals surface area contributed by atoms with Crippen LogP contribution in [0.3, 0.4) is 0 Å². The van der Waals surface area contributed by atoms with Gasteiger partial charge in [-0.15, -0.1) is 0 Å². The summed E-state index contributed by atoms with van der Waals surface area (Å²) in [6, 6.07) is 7.48. The van der Waals surface area contributed by atoms with Crippen molar-refractivity contribution in [1.29, 1.82) is 0 Å². The summed E-state index contributed by atoms with van der Waals surface area (Å²) in [6.07, 6.45) is 2.10. The molecule has 0 bridgehead atoms. The number of amides is 1. The van der Waals surface area contributed by atoms with E-state index >= 15 is 0 Å². The minimum atomic E-state index is -0.535. The molecule has 20 heavy (non-hydrogen) atoms. The van der Waals surface area contributed by atoms with Crippen LogP contribution in [0.5, 0.6) is 0 Å². The smallest absolute Gasteiger partial charge is 0.273 e. The van der Waals surface area contributed by atoms with Gasteiger partial charge in [0.15, 0.2) is 0 Å². The third-order valence-corrected chi connectivity index (χ3v) is 2.88. The molecule has 0 atom stereocenters.